The summed E-state index contributed by atoms with van der Waals surface area (Å²) in [7, 11) is 2.03. The standard InChI is InChI=1S/C28H36N8O3/c1-33-24(19-34-11-8-20(9-12-34)5-4-15-37)30-25-26(33)31-28(32-27(25)35-13-17-39-18-14-35)36-22-7-3-2-6-21(22)29-23(36)10-16-38/h2-3,6-7,15,20,38H,4-5,8-14,16-19H2,1H3. The second kappa shape index (κ2) is 11.4. The molecule has 206 valence electrons. The fourth-order valence-electron chi connectivity index (χ4n) is 5.82. The summed E-state index contributed by atoms with van der Waals surface area (Å²) in [6, 6.07) is 7.93. The zero-order valence-electron chi connectivity index (χ0n) is 22.5. The van der Waals surface area contributed by atoms with Gasteiger partial charge in [-0.05, 0) is 50.4 Å². The Morgan fingerprint density at radius 1 is 1.03 bits per heavy atom. The Kier molecular flexibility index (Phi) is 7.53. The number of rotatable bonds is 9. The zero-order chi connectivity index (χ0) is 26.8. The number of aryl methyl sites for hydroxylation is 1. The summed E-state index contributed by atoms with van der Waals surface area (Å²) in [5.41, 5.74) is 3.34. The molecule has 5 heterocycles. The average molecular weight is 533 g/mol. The van der Waals surface area contributed by atoms with Gasteiger partial charge in [0.05, 0.1) is 37.4 Å². The van der Waals surface area contributed by atoms with Crippen molar-refractivity contribution in [3.05, 3.63) is 35.9 Å². The number of benzene rings is 1. The number of anilines is 1. The number of hydrogen-bond acceptors (Lipinski definition) is 9. The summed E-state index contributed by atoms with van der Waals surface area (Å²) >= 11 is 0. The maximum Gasteiger partial charge on any atom is 0.239 e. The van der Waals surface area contributed by atoms with Crippen molar-refractivity contribution in [1.29, 1.82) is 0 Å². The molecular weight excluding hydrogens is 496 g/mol. The zero-order valence-corrected chi connectivity index (χ0v) is 22.5. The normalized spacial score (nSPS) is 17.4. The van der Waals surface area contributed by atoms with Crippen LogP contribution in [0.2, 0.25) is 0 Å². The molecule has 0 radical (unpaired) electrons. The SMILES string of the molecule is Cn1c(CN2CCC(CCC=O)CC2)nc2c(N3CCOCC3)nc(-n3c(CCO)nc4ccccc43)nc21. The topological polar surface area (TPSA) is 114 Å². The summed E-state index contributed by atoms with van der Waals surface area (Å²) in [4.78, 5) is 35.5. The number of aromatic nitrogens is 6. The first-order valence-electron chi connectivity index (χ1n) is 14.0. The molecule has 11 nitrogen and oxygen atoms in total. The number of aldehydes is 1. The van der Waals surface area contributed by atoms with Gasteiger partial charge in [-0.3, -0.25) is 9.47 Å². The van der Waals surface area contributed by atoms with Gasteiger partial charge in [0.15, 0.2) is 17.0 Å². The number of para-hydroxylation sites is 2. The fraction of sp³-hybridized carbons (Fsp3) is 0.536. The van der Waals surface area contributed by atoms with Crippen molar-refractivity contribution >= 4 is 34.3 Å². The highest BCUT2D eigenvalue weighted by Crippen LogP contribution is 2.29. The van der Waals surface area contributed by atoms with E-state index in [9.17, 15) is 9.90 Å². The molecule has 1 N–H and O–H groups in total. The number of morpholine rings is 1. The predicted molar refractivity (Wildman–Crippen MR) is 148 cm³/mol. The van der Waals surface area contributed by atoms with Crippen LogP contribution in [0.25, 0.3) is 28.1 Å². The molecule has 4 aromatic rings. The summed E-state index contributed by atoms with van der Waals surface area (Å²) < 4.78 is 9.68. The van der Waals surface area contributed by atoms with Crippen LogP contribution in [0.3, 0.4) is 0 Å². The van der Waals surface area contributed by atoms with Crippen LogP contribution in [-0.2, 0) is 29.5 Å². The van der Waals surface area contributed by atoms with Crippen LogP contribution < -0.4 is 4.90 Å². The molecule has 0 aliphatic carbocycles. The van der Waals surface area contributed by atoms with Gasteiger partial charge in [-0.15, -0.1) is 0 Å². The minimum atomic E-state index is -0.0103. The lowest BCUT2D eigenvalue weighted by Gasteiger charge is -2.31. The molecule has 39 heavy (non-hydrogen) atoms. The molecule has 11 heteroatoms. The quantitative estimate of drug-likeness (QED) is 0.324. The minimum Gasteiger partial charge on any atom is -0.396 e. The summed E-state index contributed by atoms with van der Waals surface area (Å²) in [5.74, 6) is 3.66. The lowest BCUT2D eigenvalue weighted by Crippen LogP contribution is -2.37. The maximum atomic E-state index is 10.8. The van der Waals surface area contributed by atoms with Crippen molar-refractivity contribution in [2.24, 2.45) is 13.0 Å². The monoisotopic (exact) mass is 532 g/mol. The van der Waals surface area contributed by atoms with E-state index in [2.05, 4.69) is 14.4 Å². The molecule has 2 fully saturated rings. The largest absolute Gasteiger partial charge is 0.396 e. The van der Waals surface area contributed by atoms with Gasteiger partial charge in [0, 0.05) is 33.0 Å². The predicted octanol–water partition coefficient (Wildman–Crippen LogP) is 2.26. The first-order chi connectivity index (χ1) is 19.2. The summed E-state index contributed by atoms with van der Waals surface area (Å²) in [6.45, 7) is 5.50. The van der Waals surface area contributed by atoms with E-state index in [1.165, 1.54) is 0 Å². The lowest BCUT2D eigenvalue weighted by atomic mass is 9.92. The van der Waals surface area contributed by atoms with Crippen LogP contribution in [0.5, 0.6) is 0 Å². The maximum absolute atomic E-state index is 10.8. The van der Waals surface area contributed by atoms with Crippen LogP contribution in [0.15, 0.2) is 24.3 Å². The molecule has 0 unspecified atom stereocenters. The van der Waals surface area contributed by atoms with Gasteiger partial charge in [0.2, 0.25) is 5.95 Å². The number of aliphatic hydroxyl groups excluding tert-OH is 1. The van der Waals surface area contributed by atoms with Gasteiger partial charge in [0.25, 0.3) is 0 Å². The highest BCUT2D eigenvalue weighted by atomic mass is 16.5. The number of imidazole rings is 2. The Hall–Kier alpha value is -3.41. The van der Waals surface area contributed by atoms with E-state index in [0.29, 0.717) is 37.9 Å². The second-order valence-corrected chi connectivity index (χ2v) is 10.5. The van der Waals surface area contributed by atoms with Crippen molar-refractivity contribution < 1.29 is 14.6 Å². The third kappa shape index (κ3) is 5.13. The van der Waals surface area contributed by atoms with Gasteiger partial charge in [-0.1, -0.05) is 12.1 Å². The highest BCUT2D eigenvalue weighted by molar-refractivity contribution is 5.86. The number of piperidine rings is 1. The third-order valence-electron chi connectivity index (χ3n) is 8.02. The Labute approximate surface area is 227 Å². The van der Waals surface area contributed by atoms with E-state index >= 15 is 0 Å². The molecule has 6 rings (SSSR count). The van der Waals surface area contributed by atoms with Gasteiger partial charge in [-0.25, -0.2) is 9.97 Å². The average Bonchev–Trinajstić information content (AvgIpc) is 3.49. The molecule has 2 aliphatic heterocycles. The highest BCUT2D eigenvalue weighted by Gasteiger charge is 2.26. The number of likely N-dealkylation sites (tertiary alicyclic amines) is 1. The van der Waals surface area contributed by atoms with Crippen molar-refractivity contribution in [1.82, 2.24) is 34.0 Å². The summed E-state index contributed by atoms with van der Waals surface area (Å²) in [6.07, 6.45) is 5.32. The van der Waals surface area contributed by atoms with Crippen molar-refractivity contribution in [2.75, 3.05) is 50.9 Å². The van der Waals surface area contributed by atoms with Gasteiger partial charge >= 0.3 is 0 Å². The fourth-order valence-corrected chi connectivity index (χ4v) is 5.82. The molecule has 0 amide bonds. The number of carbonyl (C=O) groups excluding carboxylic acids is 1. The molecular formula is C28H36N8O3. The van der Waals surface area contributed by atoms with E-state index < -0.39 is 0 Å². The molecule has 0 bridgehead atoms. The van der Waals surface area contributed by atoms with E-state index in [1.807, 2.05) is 35.9 Å². The molecule has 1 aromatic carbocycles. The number of fused-ring (bicyclic) bond motifs is 2. The molecule has 0 spiro atoms. The first-order valence-corrected chi connectivity index (χ1v) is 14.0. The van der Waals surface area contributed by atoms with Crippen LogP contribution in [-0.4, -0.2) is 91.4 Å². The van der Waals surface area contributed by atoms with Crippen molar-refractivity contribution in [2.45, 2.75) is 38.6 Å². The van der Waals surface area contributed by atoms with Gasteiger partial charge in [0.1, 0.15) is 17.9 Å². The van der Waals surface area contributed by atoms with Crippen molar-refractivity contribution in [3.8, 4) is 5.95 Å². The molecule has 2 saturated heterocycles. The minimum absolute atomic E-state index is 0.0103. The summed E-state index contributed by atoms with van der Waals surface area (Å²) in [5, 5.41) is 9.76. The van der Waals surface area contributed by atoms with Gasteiger partial charge in [-0.2, -0.15) is 9.97 Å². The Morgan fingerprint density at radius 2 is 1.82 bits per heavy atom. The van der Waals surface area contributed by atoms with Crippen LogP contribution >= 0.6 is 0 Å². The Balaban J connectivity index is 1.40. The number of ether oxygens (including phenoxy) is 1. The van der Waals surface area contributed by atoms with Crippen LogP contribution in [0, 0.1) is 5.92 Å². The molecule has 0 atom stereocenters. The number of aliphatic hydroxyl groups is 1. The smallest absolute Gasteiger partial charge is 0.239 e. The molecule has 3 aromatic heterocycles. The van der Waals surface area contributed by atoms with Gasteiger partial charge < -0.3 is 24.1 Å². The Morgan fingerprint density at radius 3 is 2.59 bits per heavy atom. The Bertz CT molecular complexity index is 1450. The molecule has 2 aliphatic rings. The number of nitrogens with zero attached hydrogens (tertiary/aromatic N) is 8. The molecule has 0 saturated carbocycles. The van der Waals surface area contributed by atoms with Crippen molar-refractivity contribution in [3.63, 3.8) is 0 Å². The first kappa shape index (κ1) is 25.8. The van der Waals surface area contributed by atoms with E-state index in [4.69, 9.17) is 24.7 Å². The van der Waals surface area contributed by atoms with E-state index in [1.54, 1.807) is 0 Å². The van der Waals surface area contributed by atoms with E-state index in [0.717, 1.165) is 97.9 Å². The number of carbonyl (C=O) groups is 1. The lowest BCUT2D eigenvalue weighted by molar-refractivity contribution is -0.108. The third-order valence-corrected chi connectivity index (χ3v) is 8.02. The van der Waals surface area contributed by atoms with Crippen LogP contribution in [0.1, 0.15) is 37.3 Å². The van der Waals surface area contributed by atoms with Crippen LogP contribution in [0.4, 0.5) is 5.82 Å². The second-order valence-electron chi connectivity index (χ2n) is 10.5. The van der Waals surface area contributed by atoms with E-state index in [-0.39, 0.29) is 6.61 Å². The number of hydrogen-bond donors (Lipinski definition) is 1.